The average molecular weight is 459 g/mol. The first kappa shape index (κ1) is 24.2. The molecule has 0 saturated carbocycles. The quantitative estimate of drug-likeness (QED) is 0.156. The average Bonchev–Trinajstić information content (AvgIpc) is 3.06. The molecule has 3 rings (SSSR count). The highest BCUT2D eigenvalue weighted by molar-refractivity contribution is 6.06. The summed E-state index contributed by atoms with van der Waals surface area (Å²) in [6.07, 6.45) is -0.457. The number of amides is 1. The number of benzene rings is 1. The lowest BCUT2D eigenvalue weighted by atomic mass is 9.82. The van der Waals surface area contributed by atoms with E-state index in [9.17, 15) is 19.5 Å². The molecule has 2 aliphatic heterocycles. The van der Waals surface area contributed by atoms with Gasteiger partial charge in [0.05, 0.1) is 23.5 Å². The Balaban J connectivity index is 1.82. The first-order valence-corrected chi connectivity index (χ1v) is 10.7. The number of carbonyl (C=O) groups is 3. The fourth-order valence-corrected chi connectivity index (χ4v) is 3.96. The summed E-state index contributed by atoms with van der Waals surface area (Å²) in [6, 6.07) is 6.94. The number of hydrogen-bond donors (Lipinski definition) is 4. The van der Waals surface area contributed by atoms with Gasteiger partial charge in [-0.3, -0.25) is 15.0 Å². The molecular formula is C23H30N4O6. The number of rotatable bonds is 7. The fraction of sp³-hybridized carbons (Fsp3) is 0.478. The SMILES string of the molecule is C[C@@H](O)[C@H]1C(=O)N2C(C(=O)OCOC(=O)C(C)(C)C)=C(c3ccc(CNC(=N)N)cc3)C[C@H]12. The number of carbonyl (C=O) groups excluding carboxylic acids is 3. The molecule has 1 amide bonds. The van der Waals surface area contributed by atoms with Crippen molar-refractivity contribution >= 4 is 29.4 Å². The lowest BCUT2D eigenvalue weighted by Crippen LogP contribution is -2.61. The molecule has 3 atom stereocenters. The molecule has 0 unspecified atom stereocenters. The van der Waals surface area contributed by atoms with Gasteiger partial charge >= 0.3 is 11.9 Å². The minimum absolute atomic E-state index is 0.100. The van der Waals surface area contributed by atoms with Crippen LogP contribution in [0.4, 0.5) is 0 Å². The van der Waals surface area contributed by atoms with E-state index in [-0.39, 0.29) is 23.6 Å². The van der Waals surface area contributed by atoms with E-state index in [1.165, 1.54) is 4.90 Å². The molecule has 1 aromatic rings. The molecular weight excluding hydrogens is 428 g/mol. The number of hydrogen-bond acceptors (Lipinski definition) is 7. The van der Waals surface area contributed by atoms with Gasteiger partial charge in [0.1, 0.15) is 5.70 Å². The lowest BCUT2D eigenvalue weighted by Gasteiger charge is -2.44. The smallest absolute Gasteiger partial charge is 0.358 e. The van der Waals surface area contributed by atoms with Crippen LogP contribution in [-0.2, 0) is 30.4 Å². The summed E-state index contributed by atoms with van der Waals surface area (Å²) in [4.78, 5) is 38.9. The molecule has 1 fully saturated rings. The Morgan fingerprint density at radius 2 is 1.91 bits per heavy atom. The third kappa shape index (κ3) is 5.00. The molecule has 0 aliphatic carbocycles. The van der Waals surface area contributed by atoms with Crippen LogP contribution in [0, 0.1) is 16.7 Å². The molecule has 0 aromatic heterocycles. The number of nitrogens with one attached hydrogen (secondary N) is 2. The zero-order chi connectivity index (χ0) is 24.5. The molecule has 0 radical (unpaired) electrons. The Morgan fingerprint density at radius 3 is 2.45 bits per heavy atom. The first-order chi connectivity index (χ1) is 15.4. The topological polar surface area (TPSA) is 155 Å². The molecule has 0 bridgehead atoms. The van der Waals surface area contributed by atoms with E-state index in [0.29, 0.717) is 18.5 Å². The summed E-state index contributed by atoms with van der Waals surface area (Å²) in [7, 11) is 0. The van der Waals surface area contributed by atoms with E-state index in [4.69, 9.17) is 20.6 Å². The van der Waals surface area contributed by atoms with E-state index >= 15 is 0 Å². The van der Waals surface area contributed by atoms with Gasteiger partial charge in [0.25, 0.3) is 0 Å². The summed E-state index contributed by atoms with van der Waals surface area (Å²) in [6.45, 7) is 6.42. The molecule has 10 nitrogen and oxygen atoms in total. The van der Waals surface area contributed by atoms with Crippen LogP contribution in [0.25, 0.3) is 5.57 Å². The van der Waals surface area contributed by atoms with E-state index < -0.39 is 36.2 Å². The maximum absolute atomic E-state index is 12.9. The zero-order valence-electron chi connectivity index (χ0n) is 19.2. The van der Waals surface area contributed by atoms with Gasteiger partial charge in [-0.05, 0) is 50.8 Å². The Labute approximate surface area is 192 Å². The second-order valence-electron chi connectivity index (χ2n) is 9.27. The number of guanidine groups is 1. The van der Waals surface area contributed by atoms with Crippen molar-refractivity contribution in [1.82, 2.24) is 10.2 Å². The van der Waals surface area contributed by atoms with Crippen LogP contribution >= 0.6 is 0 Å². The van der Waals surface area contributed by atoms with Crippen molar-refractivity contribution in [3.05, 3.63) is 41.1 Å². The van der Waals surface area contributed by atoms with E-state index in [0.717, 1.165) is 11.1 Å². The summed E-state index contributed by atoms with van der Waals surface area (Å²) in [5.41, 5.74) is 6.90. The minimum Gasteiger partial charge on any atom is -0.427 e. The van der Waals surface area contributed by atoms with Crippen LogP contribution in [0.3, 0.4) is 0 Å². The monoisotopic (exact) mass is 458 g/mol. The maximum Gasteiger partial charge on any atom is 0.358 e. The Hall–Kier alpha value is -3.40. The molecule has 10 heteroatoms. The number of nitrogens with zero attached hydrogens (tertiary/aromatic N) is 1. The number of ether oxygens (including phenoxy) is 2. The maximum atomic E-state index is 12.9. The van der Waals surface area contributed by atoms with Crippen LogP contribution in [0.2, 0.25) is 0 Å². The van der Waals surface area contributed by atoms with Crippen molar-refractivity contribution < 1.29 is 29.0 Å². The van der Waals surface area contributed by atoms with Gasteiger partial charge in [0.2, 0.25) is 12.7 Å². The number of aliphatic hydroxyl groups is 1. The third-order valence-electron chi connectivity index (χ3n) is 5.70. The van der Waals surface area contributed by atoms with Crippen LogP contribution in [-0.4, -0.2) is 52.8 Å². The van der Waals surface area contributed by atoms with Crippen molar-refractivity contribution in [2.75, 3.05) is 6.79 Å². The largest absolute Gasteiger partial charge is 0.427 e. The van der Waals surface area contributed by atoms with Crippen molar-refractivity contribution in [3.63, 3.8) is 0 Å². The van der Waals surface area contributed by atoms with Crippen LogP contribution in [0.1, 0.15) is 45.2 Å². The van der Waals surface area contributed by atoms with Crippen LogP contribution in [0.5, 0.6) is 0 Å². The van der Waals surface area contributed by atoms with Crippen LogP contribution in [0.15, 0.2) is 30.0 Å². The molecule has 5 N–H and O–H groups in total. The van der Waals surface area contributed by atoms with E-state index in [2.05, 4.69) is 5.32 Å². The molecule has 33 heavy (non-hydrogen) atoms. The number of nitrogens with two attached hydrogens (primary N) is 1. The van der Waals surface area contributed by atoms with Crippen molar-refractivity contribution in [3.8, 4) is 0 Å². The normalized spacial score (nSPS) is 20.6. The second kappa shape index (κ2) is 9.22. The van der Waals surface area contributed by atoms with Gasteiger partial charge in [-0.15, -0.1) is 0 Å². The van der Waals surface area contributed by atoms with E-state index in [1.807, 2.05) is 24.3 Å². The molecule has 1 saturated heterocycles. The van der Waals surface area contributed by atoms with Gasteiger partial charge in [-0.25, -0.2) is 4.79 Å². The van der Waals surface area contributed by atoms with Crippen molar-refractivity contribution in [2.45, 2.75) is 52.8 Å². The summed E-state index contributed by atoms with van der Waals surface area (Å²) in [5, 5.41) is 20.0. The highest BCUT2D eigenvalue weighted by Crippen LogP contribution is 2.47. The summed E-state index contributed by atoms with van der Waals surface area (Å²) in [5.74, 6) is -2.36. The zero-order valence-corrected chi connectivity index (χ0v) is 19.2. The molecule has 1 aromatic carbocycles. The predicted molar refractivity (Wildman–Crippen MR) is 119 cm³/mol. The molecule has 178 valence electrons. The Kier molecular flexibility index (Phi) is 6.78. The number of fused-ring (bicyclic) bond motifs is 1. The highest BCUT2D eigenvalue weighted by Gasteiger charge is 2.57. The van der Waals surface area contributed by atoms with Gasteiger partial charge < -0.3 is 30.5 Å². The third-order valence-corrected chi connectivity index (χ3v) is 5.70. The number of aliphatic hydroxyl groups excluding tert-OH is 1. The molecule has 0 spiro atoms. The van der Waals surface area contributed by atoms with Gasteiger partial charge in [-0.1, -0.05) is 24.3 Å². The summed E-state index contributed by atoms with van der Waals surface area (Å²) < 4.78 is 10.2. The van der Waals surface area contributed by atoms with Gasteiger partial charge in [0, 0.05) is 6.54 Å². The number of esters is 2. The van der Waals surface area contributed by atoms with Crippen molar-refractivity contribution in [1.29, 1.82) is 5.41 Å². The highest BCUT2D eigenvalue weighted by atomic mass is 16.7. The van der Waals surface area contributed by atoms with Crippen LogP contribution < -0.4 is 11.1 Å². The Morgan fingerprint density at radius 1 is 1.27 bits per heavy atom. The Bertz CT molecular complexity index is 993. The fourth-order valence-electron chi connectivity index (χ4n) is 3.96. The first-order valence-electron chi connectivity index (χ1n) is 10.7. The molecule has 2 aliphatic rings. The number of β-lactam (4-membered cyclic amide) rings is 1. The molecule has 2 heterocycles. The second-order valence-corrected chi connectivity index (χ2v) is 9.27. The minimum atomic E-state index is -0.844. The predicted octanol–water partition coefficient (Wildman–Crippen LogP) is 1.08. The lowest BCUT2D eigenvalue weighted by molar-refractivity contribution is -0.175. The van der Waals surface area contributed by atoms with E-state index in [1.54, 1.807) is 27.7 Å². The standard InChI is InChI=1S/C23H30N4O6/c1-12(28)17-16-9-15(14-7-5-13(6-8-14)10-26-22(24)25)18(27(16)19(17)29)20(30)32-11-33-21(31)23(2,3)4/h5-8,12,16-17,28H,9-11H2,1-4H3,(H4,24,25,26)/t12-,16-,17-/m1/s1. The van der Waals surface area contributed by atoms with Gasteiger partial charge in [-0.2, -0.15) is 0 Å². The summed E-state index contributed by atoms with van der Waals surface area (Å²) >= 11 is 0. The van der Waals surface area contributed by atoms with Crippen molar-refractivity contribution in [2.24, 2.45) is 17.1 Å². The van der Waals surface area contributed by atoms with Gasteiger partial charge in [0.15, 0.2) is 5.96 Å².